The molecule has 2 aliphatic heterocycles. The van der Waals surface area contributed by atoms with Gasteiger partial charge in [-0.05, 0) is 30.5 Å². The molecule has 0 aromatic heterocycles. The van der Waals surface area contributed by atoms with Crippen molar-refractivity contribution >= 4 is 34.7 Å². The van der Waals surface area contributed by atoms with Crippen LogP contribution in [-0.2, 0) is 9.59 Å². The number of aliphatic hydroxyl groups is 1. The second-order valence-corrected chi connectivity index (χ2v) is 6.45. The highest BCUT2D eigenvalue weighted by molar-refractivity contribution is 7.80. The van der Waals surface area contributed by atoms with Crippen LogP contribution in [0, 0.1) is 5.92 Å². The van der Waals surface area contributed by atoms with Crippen LogP contribution in [0.1, 0.15) is 24.5 Å². The van der Waals surface area contributed by atoms with Gasteiger partial charge < -0.3 is 20.4 Å². The van der Waals surface area contributed by atoms with E-state index in [0.717, 1.165) is 11.1 Å². The summed E-state index contributed by atoms with van der Waals surface area (Å²) in [4.78, 5) is 25.8. The maximum Gasteiger partial charge on any atom is 0.352 e. The predicted octanol–water partition coefficient (Wildman–Crippen LogP) is 0.989. The second kappa shape index (κ2) is 5.99. The molecule has 3 rings (SSSR count). The Morgan fingerprint density at radius 2 is 2.17 bits per heavy atom. The smallest absolute Gasteiger partial charge is 0.352 e. The highest BCUT2D eigenvalue weighted by Gasteiger charge is 2.56. The van der Waals surface area contributed by atoms with Crippen LogP contribution in [0.5, 0.6) is 0 Å². The fourth-order valence-electron chi connectivity index (χ4n) is 3.52. The van der Waals surface area contributed by atoms with E-state index in [9.17, 15) is 19.8 Å². The Morgan fingerprint density at radius 3 is 2.75 bits per heavy atom. The minimum absolute atomic E-state index is 0.00873. The topological polar surface area (TPSA) is 89.9 Å². The van der Waals surface area contributed by atoms with Gasteiger partial charge in [-0.3, -0.25) is 4.79 Å². The molecule has 3 unspecified atom stereocenters. The van der Waals surface area contributed by atoms with E-state index in [1.54, 1.807) is 14.0 Å². The minimum Gasteiger partial charge on any atom is -0.477 e. The Morgan fingerprint density at radius 1 is 1.46 bits per heavy atom. The van der Waals surface area contributed by atoms with Crippen molar-refractivity contribution in [1.29, 1.82) is 0 Å². The van der Waals surface area contributed by atoms with Crippen molar-refractivity contribution in [2.45, 2.75) is 25.5 Å². The summed E-state index contributed by atoms with van der Waals surface area (Å²) < 4.78 is 0. The number of fused-ring (bicyclic) bond motifs is 1. The summed E-state index contributed by atoms with van der Waals surface area (Å²) in [5, 5.41) is 22.3. The quantitative estimate of drug-likeness (QED) is 0.556. The number of aliphatic hydroxyl groups excluding tert-OH is 1. The lowest BCUT2D eigenvalue weighted by Crippen LogP contribution is -2.61. The number of hydrogen-bond acceptors (Lipinski definition) is 4. The van der Waals surface area contributed by atoms with Gasteiger partial charge in [-0.1, -0.05) is 30.4 Å². The molecule has 24 heavy (non-hydrogen) atoms. The lowest BCUT2D eigenvalue weighted by atomic mass is 9.82. The number of thiocarbonyl (C=S) groups is 1. The van der Waals surface area contributed by atoms with Crippen LogP contribution in [0.25, 0.3) is 5.57 Å². The van der Waals surface area contributed by atoms with Crippen LogP contribution in [-0.4, -0.2) is 51.2 Å². The van der Waals surface area contributed by atoms with Gasteiger partial charge >= 0.3 is 5.97 Å². The standard InChI is InChI=1S/C17H18N2O4S/c1-8(20)13-12-7-11(14(17(22)23)19(12)16(13)21)9-4-3-5-10(6-9)15(24)18-2/h3-6,8,12-13,20H,7H2,1-2H3,(H,18,24)(H,22,23). The Hall–Kier alpha value is -2.25. The first kappa shape index (κ1) is 16.6. The van der Waals surface area contributed by atoms with Crippen LogP contribution >= 0.6 is 12.2 Å². The van der Waals surface area contributed by atoms with Crippen LogP contribution in [0.3, 0.4) is 0 Å². The third kappa shape index (κ3) is 2.40. The Labute approximate surface area is 144 Å². The number of nitrogens with one attached hydrogen (secondary N) is 1. The molecule has 1 fully saturated rings. The van der Waals surface area contributed by atoms with E-state index in [2.05, 4.69) is 5.32 Å². The molecule has 0 spiro atoms. The summed E-state index contributed by atoms with van der Waals surface area (Å²) in [7, 11) is 1.73. The van der Waals surface area contributed by atoms with E-state index >= 15 is 0 Å². The van der Waals surface area contributed by atoms with Crippen molar-refractivity contribution in [3.05, 3.63) is 41.1 Å². The molecule has 1 aromatic carbocycles. The number of carbonyl (C=O) groups excluding carboxylic acids is 1. The molecule has 2 heterocycles. The normalized spacial score (nSPS) is 23.6. The van der Waals surface area contributed by atoms with Gasteiger partial charge in [0.25, 0.3) is 0 Å². The predicted molar refractivity (Wildman–Crippen MR) is 92.2 cm³/mol. The van der Waals surface area contributed by atoms with E-state index in [-0.39, 0.29) is 17.6 Å². The summed E-state index contributed by atoms with van der Waals surface area (Å²) in [5.74, 6) is -2.01. The molecule has 1 amide bonds. The zero-order chi connectivity index (χ0) is 17.6. The first-order valence-corrected chi connectivity index (χ1v) is 8.07. The number of hydrogen-bond donors (Lipinski definition) is 3. The van der Waals surface area contributed by atoms with Gasteiger partial charge in [-0.15, -0.1) is 0 Å². The number of aliphatic carboxylic acids is 1. The monoisotopic (exact) mass is 346 g/mol. The van der Waals surface area contributed by atoms with Gasteiger partial charge in [0.1, 0.15) is 10.7 Å². The zero-order valence-corrected chi connectivity index (χ0v) is 14.1. The molecule has 6 nitrogen and oxygen atoms in total. The van der Waals surface area contributed by atoms with E-state index in [4.69, 9.17) is 12.2 Å². The fraction of sp³-hybridized carbons (Fsp3) is 0.353. The van der Waals surface area contributed by atoms with E-state index in [0.29, 0.717) is 17.0 Å². The van der Waals surface area contributed by atoms with Crippen molar-refractivity contribution in [3.63, 3.8) is 0 Å². The number of carboxylic acid groups (broad SMARTS) is 1. The molecule has 126 valence electrons. The molecule has 2 aliphatic rings. The van der Waals surface area contributed by atoms with Gasteiger partial charge in [-0.2, -0.15) is 0 Å². The molecule has 3 N–H and O–H groups in total. The Bertz CT molecular complexity index is 772. The third-order valence-electron chi connectivity index (χ3n) is 4.63. The van der Waals surface area contributed by atoms with Crippen LogP contribution in [0.2, 0.25) is 0 Å². The molecular weight excluding hydrogens is 328 g/mol. The fourth-order valence-corrected chi connectivity index (χ4v) is 3.65. The summed E-state index contributed by atoms with van der Waals surface area (Å²) in [6.07, 6.45) is -0.380. The van der Waals surface area contributed by atoms with Crippen LogP contribution in [0.15, 0.2) is 30.0 Å². The van der Waals surface area contributed by atoms with Crippen molar-refractivity contribution in [3.8, 4) is 0 Å². The maximum atomic E-state index is 12.2. The molecule has 0 saturated carbocycles. The SMILES string of the molecule is CNC(=S)c1cccc(C2=C(C(=O)O)N3C(=O)C(C(C)O)C3C2)c1. The van der Waals surface area contributed by atoms with Crippen LogP contribution in [0.4, 0.5) is 0 Å². The van der Waals surface area contributed by atoms with E-state index in [1.165, 1.54) is 4.90 Å². The molecule has 3 atom stereocenters. The summed E-state index contributed by atoms with van der Waals surface area (Å²) >= 11 is 5.23. The van der Waals surface area contributed by atoms with Gasteiger partial charge in [0.05, 0.1) is 18.1 Å². The molecule has 1 saturated heterocycles. The number of benzene rings is 1. The number of carbonyl (C=O) groups is 2. The van der Waals surface area contributed by atoms with Crippen molar-refractivity contribution in [1.82, 2.24) is 10.2 Å². The number of amides is 1. The first-order chi connectivity index (χ1) is 11.4. The summed E-state index contributed by atoms with van der Waals surface area (Å²) in [5.41, 5.74) is 2.13. The lowest BCUT2D eigenvalue weighted by Gasteiger charge is -2.44. The summed E-state index contributed by atoms with van der Waals surface area (Å²) in [6, 6.07) is 7.00. The zero-order valence-electron chi connectivity index (χ0n) is 13.3. The van der Waals surface area contributed by atoms with Gasteiger partial charge in [0.15, 0.2) is 0 Å². The maximum absolute atomic E-state index is 12.2. The number of nitrogens with zero attached hydrogens (tertiary/aromatic N) is 1. The molecule has 0 bridgehead atoms. The van der Waals surface area contributed by atoms with E-state index in [1.807, 2.05) is 24.3 Å². The molecule has 1 aromatic rings. The molecule has 0 aliphatic carbocycles. The van der Waals surface area contributed by atoms with Crippen molar-refractivity contribution in [2.75, 3.05) is 7.05 Å². The molecule has 0 radical (unpaired) electrons. The van der Waals surface area contributed by atoms with Gasteiger partial charge in [0, 0.05) is 12.6 Å². The number of carboxylic acids is 1. The second-order valence-electron chi connectivity index (χ2n) is 6.04. The first-order valence-electron chi connectivity index (χ1n) is 7.67. The van der Waals surface area contributed by atoms with Gasteiger partial charge in [-0.25, -0.2) is 4.79 Å². The van der Waals surface area contributed by atoms with Gasteiger partial charge in [0.2, 0.25) is 5.91 Å². The highest BCUT2D eigenvalue weighted by atomic mass is 32.1. The molecule has 7 heteroatoms. The average molecular weight is 346 g/mol. The lowest BCUT2D eigenvalue weighted by molar-refractivity contribution is -0.161. The van der Waals surface area contributed by atoms with Crippen molar-refractivity contribution in [2.24, 2.45) is 5.92 Å². The summed E-state index contributed by atoms with van der Waals surface area (Å²) in [6.45, 7) is 1.56. The number of rotatable bonds is 4. The Kier molecular flexibility index (Phi) is 4.15. The third-order valence-corrected chi connectivity index (χ3v) is 5.07. The largest absolute Gasteiger partial charge is 0.477 e. The number of β-lactam (4-membered cyclic amide) rings is 1. The minimum atomic E-state index is -1.13. The highest BCUT2D eigenvalue weighted by Crippen LogP contribution is 2.46. The average Bonchev–Trinajstić information content (AvgIpc) is 2.89. The molecular formula is C17H18N2O4S. The van der Waals surface area contributed by atoms with Crippen molar-refractivity contribution < 1.29 is 19.8 Å². The van der Waals surface area contributed by atoms with Crippen LogP contribution < -0.4 is 5.32 Å². The Balaban J connectivity index is 2.03. The van der Waals surface area contributed by atoms with E-state index < -0.39 is 18.0 Å².